The van der Waals surface area contributed by atoms with E-state index in [9.17, 15) is 4.79 Å². The molecule has 0 spiro atoms. The standard InChI is InChI=1S/C16H22ClNO/c1-11-4-5-13(15(19)8-11)16(2,3)9-12-6-7-18-10-14(12)17/h6-7,10-11,13H,4-5,8-9H2,1-3H3. The van der Waals surface area contributed by atoms with Crippen LogP contribution in [0.2, 0.25) is 5.02 Å². The molecule has 1 heterocycles. The van der Waals surface area contributed by atoms with Crippen molar-refractivity contribution in [2.45, 2.75) is 46.5 Å². The van der Waals surface area contributed by atoms with Gasteiger partial charge in [-0.25, -0.2) is 0 Å². The van der Waals surface area contributed by atoms with Gasteiger partial charge in [0.15, 0.2) is 0 Å². The van der Waals surface area contributed by atoms with Gasteiger partial charge in [-0.2, -0.15) is 0 Å². The summed E-state index contributed by atoms with van der Waals surface area (Å²) in [5.74, 6) is 1.13. The predicted molar refractivity (Wildman–Crippen MR) is 78.2 cm³/mol. The van der Waals surface area contributed by atoms with E-state index in [0.29, 0.717) is 16.7 Å². The number of Topliss-reactive ketones (excluding diaryl/α,β-unsaturated/α-hetero) is 1. The van der Waals surface area contributed by atoms with Gasteiger partial charge in [0.1, 0.15) is 5.78 Å². The molecule has 0 aliphatic heterocycles. The van der Waals surface area contributed by atoms with Gasteiger partial charge in [0.05, 0.1) is 5.02 Å². The fourth-order valence-electron chi connectivity index (χ4n) is 3.19. The Morgan fingerprint density at radius 2 is 2.16 bits per heavy atom. The zero-order valence-electron chi connectivity index (χ0n) is 11.9. The van der Waals surface area contributed by atoms with E-state index in [0.717, 1.165) is 31.2 Å². The molecule has 1 aromatic rings. The minimum Gasteiger partial charge on any atom is -0.299 e. The number of nitrogens with zero attached hydrogens (tertiary/aromatic N) is 1. The van der Waals surface area contributed by atoms with E-state index in [1.54, 1.807) is 12.4 Å². The molecule has 2 atom stereocenters. The lowest BCUT2D eigenvalue weighted by atomic mass is 9.66. The molecule has 2 rings (SSSR count). The molecule has 2 unspecified atom stereocenters. The van der Waals surface area contributed by atoms with Gasteiger partial charge >= 0.3 is 0 Å². The highest BCUT2D eigenvalue weighted by atomic mass is 35.5. The minimum absolute atomic E-state index is 0.0395. The molecule has 3 heteroatoms. The molecule has 0 radical (unpaired) electrons. The minimum atomic E-state index is -0.0395. The van der Waals surface area contributed by atoms with Crippen molar-refractivity contribution >= 4 is 17.4 Å². The highest BCUT2D eigenvalue weighted by molar-refractivity contribution is 6.31. The first-order valence-corrected chi connectivity index (χ1v) is 7.39. The molecule has 0 N–H and O–H groups in total. The maximum Gasteiger partial charge on any atom is 0.136 e. The third kappa shape index (κ3) is 3.36. The molecule has 0 saturated heterocycles. The number of rotatable bonds is 3. The molecule has 0 bridgehead atoms. The Morgan fingerprint density at radius 3 is 2.79 bits per heavy atom. The lowest BCUT2D eigenvalue weighted by Gasteiger charge is -2.37. The van der Waals surface area contributed by atoms with E-state index in [4.69, 9.17) is 11.6 Å². The second-order valence-corrected chi connectivity index (χ2v) is 6.95. The van der Waals surface area contributed by atoms with E-state index < -0.39 is 0 Å². The summed E-state index contributed by atoms with van der Waals surface area (Å²) in [6, 6.07) is 1.96. The monoisotopic (exact) mass is 279 g/mol. The second-order valence-electron chi connectivity index (χ2n) is 6.54. The molecule has 0 amide bonds. The van der Waals surface area contributed by atoms with Crippen molar-refractivity contribution in [3.05, 3.63) is 29.0 Å². The van der Waals surface area contributed by atoms with Crippen LogP contribution >= 0.6 is 11.6 Å². The van der Waals surface area contributed by atoms with Gasteiger partial charge in [-0.1, -0.05) is 32.4 Å². The van der Waals surface area contributed by atoms with E-state index in [1.807, 2.05) is 6.07 Å². The molecule has 1 aliphatic rings. The van der Waals surface area contributed by atoms with Crippen LogP contribution < -0.4 is 0 Å². The van der Waals surface area contributed by atoms with Gasteiger partial charge in [0.2, 0.25) is 0 Å². The second kappa shape index (κ2) is 5.62. The Balaban J connectivity index is 2.14. The van der Waals surface area contributed by atoms with Crippen molar-refractivity contribution in [2.24, 2.45) is 17.3 Å². The number of pyridine rings is 1. The van der Waals surface area contributed by atoms with Crippen molar-refractivity contribution < 1.29 is 4.79 Å². The van der Waals surface area contributed by atoms with Crippen LogP contribution in [0.5, 0.6) is 0 Å². The zero-order chi connectivity index (χ0) is 14.0. The van der Waals surface area contributed by atoms with Crippen LogP contribution in [-0.2, 0) is 11.2 Å². The van der Waals surface area contributed by atoms with Crippen molar-refractivity contribution in [2.75, 3.05) is 0 Å². The lowest BCUT2D eigenvalue weighted by molar-refractivity contribution is -0.129. The quantitative estimate of drug-likeness (QED) is 0.825. The molecule has 19 heavy (non-hydrogen) atoms. The third-order valence-electron chi connectivity index (χ3n) is 4.33. The van der Waals surface area contributed by atoms with Crippen LogP contribution in [0.25, 0.3) is 0 Å². The number of carbonyl (C=O) groups is 1. The van der Waals surface area contributed by atoms with Crippen LogP contribution in [0, 0.1) is 17.3 Å². The SMILES string of the molecule is CC1CCC(C(C)(C)Cc2ccncc2Cl)C(=O)C1. The molecular weight excluding hydrogens is 258 g/mol. The summed E-state index contributed by atoms with van der Waals surface area (Å²) >= 11 is 6.18. The van der Waals surface area contributed by atoms with Crippen molar-refractivity contribution in [3.8, 4) is 0 Å². The normalized spacial score (nSPS) is 24.5. The largest absolute Gasteiger partial charge is 0.299 e. The van der Waals surface area contributed by atoms with Crippen LogP contribution in [-0.4, -0.2) is 10.8 Å². The molecule has 1 saturated carbocycles. The smallest absolute Gasteiger partial charge is 0.136 e. The number of aromatic nitrogens is 1. The Labute approximate surface area is 120 Å². The number of hydrogen-bond donors (Lipinski definition) is 0. The van der Waals surface area contributed by atoms with Crippen LogP contribution in [0.4, 0.5) is 0 Å². The highest BCUT2D eigenvalue weighted by Gasteiger charge is 2.38. The summed E-state index contributed by atoms with van der Waals surface area (Å²) in [6.45, 7) is 6.53. The van der Waals surface area contributed by atoms with Crippen LogP contribution in [0.1, 0.15) is 45.6 Å². The lowest BCUT2D eigenvalue weighted by Crippen LogP contribution is -2.36. The zero-order valence-corrected chi connectivity index (χ0v) is 12.7. The maximum atomic E-state index is 12.3. The molecule has 1 fully saturated rings. The highest BCUT2D eigenvalue weighted by Crippen LogP contribution is 2.40. The summed E-state index contributed by atoms with van der Waals surface area (Å²) in [4.78, 5) is 16.3. The number of ketones is 1. The van der Waals surface area contributed by atoms with E-state index in [-0.39, 0.29) is 11.3 Å². The van der Waals surface area contributed by atoms with Crippen molar-refractivity contribution in [3.63, 3.8) is 0 Å². The van der Waals surface area contributed by atoms with Crippen LogP contribution in [0.15, 0.2) is 18.5 Å². The summed E-state index contributed by atoms with van der Waals surface area (Å²) in [5.41, 5.74) is 1.05. The Morgan fingerprint density at radius 1 is 1.42 bits per heavy atom. The first-order valence-electron chi connectivity index (χ1n) is 7.01. The van der Waals surface area contributed by atoms with Gasteiger partial charge in [-0.15, -0.1) is 0 Å². The average molecular weight is 280 g/mol. The first-order chi connectivity index (χ1) is 8.90. The fraction of sp³-hybridized carbons (Fsp3) is 0.625. The third-order valence-corrected chi connectivity index (χ3v) is 4.67. The Hall–Kier alpha value is -0.890. The molecule has 1 aliphatic carbocycles. The number of halogens is 1. The maximum absolute atomic E-state index is 12.3. The number of carbonyl (C=O) groups excluding carboxylic acids is 1. The van der Waals surface area contributed by atoms with Gasteiger partial charge < -0.3 is 0 Å². The van der Waals surface area contributed by atoms with Gasteiger partial charge in [0.25, 0.3) is 0 Å². The predicted octanol–water partition coefficient (Wildman–Crippen LogP) is 4.31. The summed E-state index contributed by atoms with van der Waals surface area (Å²) in [7, 11) is 0. The van der Waals surface area contributed by atoms with Crippen molar-refractivity contribution in [1.82, 2.24) is 4.98 Å². The molecule has 0 aromatic carbocycles. The molecule has 1 aromatic heterocycles. The van der Waals surface area contributed by atoms with Crippen molar-refractivity contribution in [1.29, 1.82) is 0 Å². The topological polar surface area (TPSA) is 30.0 Å². The Kier molecular flexibility index (Phi) is 4.29. The Bertz CT molecular complexity index is 470. The molecule has 104 valence electrons. The van der Waals surface area contributed by atoms with Gasteiger partial charge in [0, 0.05) is 24.7 Å². The first kappa shape index (κ1) is 14.5. The summed E-state index contributed by atoms with van der Waals surface area (Å²) in [6.07, 6.45) is 7.18. The average Bonchev–Trinajstić information content (AvgIpc) is 2.31. The molecular formula is C16H22ClNO. The summed E-state index contributed by atoms with van der Waals surface area (Å²) < 4.78 is 0. The molecule has 2 nitrogen and oxygen atoms in total. The van der Waals surface area contributed by atoms with E-state index in [1.165, 1.54) is 0 Å². The van der Waals surface area contributed by atoms with Gasteiger partial charge in [-0.05, 0) is 42.2 Å². The fourth-order valence-corrected chi connectivity index (χ4v) is 3.37. The van der Waals surface area contributed by atoms with E-state index in [2.05, 4.69) is 25.8 Å². The van der Waals surface area contributed by atoms with E-state index >= 15 is 0 Å². The van der Waals surface area contributed by atoms with Crippen LogP contribution in [0.3, 0.4) is 0 Å². The number of hydrogen-bond acceptors (Lipinski definition) is 2. The van der Waals surface area contributed by atoms with Gasteiger partial charge in [-0.3, -0.25) is 9.78 Å². The summed E-state index contributed by atoms with van der Waals surface area (Å²) in [5, 5.41) is 0.701.